The van der Waals surface area contributed by atoms with Crippen molar-refractivity contribution in [1.82, 2.24) is 5.32 Å². The zero-order valence-corrected chi connectivity index (χ0v) is 12.6. The van der Waals surface area contributed by atoms with Crippen LogP contribution in [0.4, 0.5) is 0 Å². The third kappa shape index (κ3) is 3.46. The molecule has 1 saturated carbocycles. The van der Waals surface area contributed by atoms with Gasteiger partial charge in [-0.15, -0.1) is 0 Å². The van der Waals surface area contributed by atoms with E-state index < -0.39 is 0 Å². The molecule has 1 aromatic carbocycles. The maximum absolute atomic E-state index is 12.2. The number of aliphatic hydroxyl groups is 1. The van der Waals surface area contributed by atoms with Gasteiger partial charge in [-0.2, -0.15) is 0 Å². The Morgan fingerprint density at radius 1 is 1.14 bits per heavy atom. The first-order valence-electron chi connectivity index (χ1n) is 8.27. The van der Waals surface area contributed by atoms with E-state index in [9.17, 15) is 9.90 Å². The van der Waals surface area contributed by atoms with Crippen molar-refractivity contribution in [2.45, 2.75) is 57.4 Å². The fraction of sp³-hybridized carbons (Fsp3) is 0.611. The molecule has 1 amide bonds. The van der Waals surface area contributed by atoms with E-state index in [2.05, 4.69) is 23.5 Å². The Balaban J connectivity index is 1.58. The van der Waals surface area contributed by atoms with Gasteiger partial charge in [0.05, 0.1) is 6.42 Å². The van der Waals surface area contributed by atoms with Crippen LogP contribution in [0.25, 0.3) is 0 Å². The summed E-state index contributed by atoms with van der Waals surface area (Å²) in [4.78, 5) is 12.2. The van der Waals surface area contributed by atoms with Gasteiger partial charge in [0.2, 0.25) is 5.91 Å². The van der Waals surface area contributed by atoms with Gasteiger partial charge in [0.25, 0.3) is 0 Å². The molecule has 0 aromatic heterocycles. The lowest BCUT2D eigenvalue weighted by molar-refractivity contribution is -0.121. The zero-order valence-electron chi connectivity index (χ0n) is 12.6. The highest BCUT2D eigenvalue weighted by Gasteiger charge is 2.25. The third-order valence-electron chi connectivity index (χ3n) is 5.02. The Labute approximate surface area is 126 Å². The van der Waals surface area contributed by atoms with E-state index in [1.165, 1.54) is 30.4 Å². The molecule has 3 heteroatoms. The van der Waals surface area contributed by atoms with E-state index in [0.717, 1.165) is 31.2 Å². The number of hydrogen-bond donors (Lipinski definition) is 2. The van der Waals surface area contributed by atoms with Crippen LogP contribution in [-0.2, 0) is 24.1 Å². The van der Waals surface area contributed by atoms with Crippen LogP contribution < -0.4 is 5.32 Å². The van der Waals surface area contributed by atoms with Crippen molar-refractivity contribution in [1.29, 1.82) is 0 Å². The van der Waals surface area contributed by atoms with E-state index in [-0.39, 0.29) is 24.5 Å². The number of carbonyl (C=O) groups excluding carboxylic acids is 1. The molecule has 2 aliphatic carbocycles. The summed E-state index contributed by atoms with van der Waals surface area (Å²) in [5, 5.41) is 12.6. The lowest BCUT2D eigenvalue weighted by Crippen LogP contribution is -2.44. The summed E-state index contributed by atoms with van der Waals surface area (Å²) >= 11 is 0. The summed E-state index contributed by atoms with van der Waals surface area (Å²) < 4.78 is 0. The molecule has 2 aliphatic rings. The number of benzene rings is 1. The fourth-order valence-corrected chi connectivity index (χ4v) is 3.79. The molecule has 2 atom stereocenters. The van der Waals surface area contributed by atoms with Gasteiger partial charge in [-0.1, -0.05) is 31.0 Å². The number of fused-ring (bicyclic) bond motifs is 1. The van der Waals surface area contributed by atoms with Gasteiger partial charge in [-0.05, 0) is 48.8 Å². The van der Waals surface area contributed by atoms with E-state index in [1.54, 1.807) is 0 Å². The minimum absolute atomic E-state index is 0.0956. The average molecular weight is 287 g/mol. The molecule has 0 radical (unpaired) electrons. The maximum Gasteiger partial charge on any atom is 0.224 e. The van der Waals surface area contributed by atoms with Gasteiger partial charge in [-0.3, -0.25) is 4.79 Å². The first kappa shape index (κ1) is 14.6. The second kappa shape index (κ2) is 6.61. The number of amides is 1. The molecule has 2 unspecified atom stereocenters. The number of hydrogen-bond acceptors (Lipinski definition) is 2. The molecule has 21 heavy (non-hydrogen) atoms. The molecule has 1 aromatic rings. The van der Waals surface area contributed by atoms with Gasteiger partial charge in [0.15, 0.2) is 0 Å². The summed E-state index contributed by atoms with van der Waals surface area (Å²) in [5.41, 5.74) is 3.99. The van der Waals surface area contributed by atoms with Gasteiger partial charge in [0.1, 0.15) is 0 Å². The normalized spacial score (nSPS) is 24.6. The van der Waals surface area contributed by atoms with E-state index in [1.807, 2.05) is 0 Å². The second-order valence-corrected chi connectivity index (χ2v) is 6.53. The largest absolute Gasteiger partial charge is 0.396 e. The van der Waals surface area contributed by atoms with Crippen molar-refractivity contribution < 1.29 is 9.90 Å². The minimum Gasteiger partial charge on any atom is -0.396 e. The molecule has 3 rings (SSSR count). The average Bonchev–Trinajstić information content (AvgIpc) is 2.95. The van der Waals surface area contributed by atoms with Gasteiger partial charge >= 0.3 is 0 Å². The highest BCUT2D eigenvalue weighted by atomic mass is 16.3. The van der Waals surface area contributed by atoms with Crippen LogP contribution in [-0.4, -0.2) is 23.7 Å². The summed E-state index contributed by atoms with van der Waals surface area (Å²) in [6.45, 7) is 0.184. The second-order valence-electron chi connectivity index (χ2n) is 6.53. The lowest BCUT2D eigenvalue weighted by atomic mass is 9.85. The predicted octanol–water partition coefficient (Wildman–Crippen LogP) is 2.39. The molecule has 114 valence electrons. The Hall–Kier alpha value is -1.35. The summed E-state index contributed by atoms with van der Waals surface area (Å²) in [5.74, 6) is 0.334. The molecule has 0 saturated heterocycles. The Bertz CT molecular complexity index is 512. The molecule has 0 bridgehead atoms. The topological polar surface area (TPSA) is 49.3 Å². The SMILES string of the molecule is O=C(Cc1ccc2c(c1)CCC2)NC1CCCCC1CO. The van der Waals surface area contributed by atoms with Crippen LogP contribution in [0.15, 0.2) is 18.2 Å². The van der Waals surface area contributed by atoms with Crippen LogP contribution in [0, 0.1) is 5.92 Å². The Morgan fingerprint density at radius 3 is 2.81 bits per heavy atom. The minimum atomic E-state index is 0.0956. The highest BCUT2D eigenvalue weighted by Crippen LogP contribution is 2.25. The monoisotopic (exact) mass is 287 g/mol. The Kier molecular flexibility index (Phi) is 4.59. The van der Waals surface area contributed by atoms with Gasteiger partial charge in [-0.25, -0.2) is 0 Å². The van der Waals surface area contributed by atoms with Crippen molar-refractivity contribution in [2.75, 3.05) is 6.61 Å². The van der Waals surface area contributed by atoms with Crippen molar-refractivity contribution in [3.05, 3.63) is 34.9 Å². The molecular weight excluding hydrogens is 262 g/mol. The number of carbonyl (C=O) groups is 1. The zero-order chi connectivity index (χ0) is 14.7. The molecular formula is C18H25NO2. The number of aliphatic hydroxyl groups excluding tert-OH is 1. The molecule has 3 nitrogen and oxygen atoms in total. The van der Waals surface area contributed by atoms with Crippen LogP contribution in [0.5, 0.6) is 0 Å². The third-order valence-corrected chi connectivity index (χ3v) is 5.02. The number of rotatable bonds is 4. The fourth-order valence-electron chi connectivity index (χ4n) is 3.79. The van der Waals surface area contributed by atoms with Crippen molar-refractivity contribution in [3.63, 3.8) is 0 Å². The standard InChI is InChI=1S/C18H25NO2/c20-12-16-4-1-2-7-17(16)19-18(21)11-13-8-9-14-5-3-6-15(14)10-13/h8-10,16-17,20H,1-7,11-12H2,(H,19,21). The van der Waals surface area contributed by atoms with Gasteiger partial charge < -0.3 is 10.4 Å². The van der Waals surface area contributed by atoms with Crippen molar-refractivity contribution >= 4 is 5.91 Å². The number of nitrogens with one attached hydrogen (secondary N) is 1. The Morgan fingerprint density at radius 2 is 1.95 bits per heavy atom. The first-order chi connectivity index (χ1) is 10.3. The smallest absolute Gasteiger partial charge is 0.224 e. The van der Waals surface area contributed by atoms with Crippen molar-refractivity contribution in [2.24, 2.45) is 5.92 Å². The molecule has 2 N–H and O–H groups in total. The van der Waals surface area contributed by atoms with Crippen LogP contribution in [0.3, 0.4) is 0 Å². The van der Waals surface area contributed by atoms with Crippen molar-refractivity contribution in [3.8, 4) is 0 Å². The van der Waals surface area contributed by atoms with Crippen LogP contribution in [0.2, 0.25) is 0 Å². The van der Waals surface area contributed by atoms with E-state index in [0.29, 0.717) is 6.42 Å². The lowest BCUT2D eigenvalue weighted by Gasteiger charge is -2.30. The highest BCUT2D eigenvalue weighted by molar-refractivity contribution is 5.79. The quantitative estimate of drug-likeness (QED) is 0.893. The molecule has 1 fully saturated rings. The predicted molar refractivity (Wildman–Crippen MR) is 83.1 cm³/mol. The summed E-state index contributed by atoms with van der Waals surface area (Å²) in [6, 6.07) is 6.63. The van der Waals surface area contributed by atoms with E-state index in [4.69, 9.17) is 0 Å². The van der Waals surface area contributed by atoms with Crippen LogP contribution in [0.1, 0.15) is 48.8 Å². The molecule has 0 heterocycles. The number of aryl methyl sites for hydroxylation is 2. The summed E-state index contributed by atoms with van der Waals surface area (Å²) in [6.07, 6.45) is 8.39. The molecule has 0 spiro atoms. The van der Waals surface area contributed by atoms with Gasteiger partial charge in [0, 0.05) is 18.6 Å². The maximum atomic E-state index is 12.2. The first-order valence-corrected chi connectivity index (χ1v) is 8.27. The summed E-state index contributed by atoms with van der Waals surface area (Å²) in [7, 11) is 0. The molecule has 0 aliphatic heterocycles. The van der Waals surface area contributed by atoms with E-state index >= 15 is 0 Å². The van der Waals surface area contributed by atoms with Crippen LogP contribution >= 0.6 is 0 Å².